The van der Waals surface area contributed by atoms with E-state index in [0.717, 1.165) is 16.2 Å². The lowest BCUT2D eigenvalue weighted by Gasteiger charge is -2.22. The van der Waals surface area contributed by atoms with Crippen LogP contribution in [0, 0.1) is 0 Å². The fourth-order valence-corrected chi connectivity index (χ4v) is 5.13. The zero-order valence-electron chi connectivity index (χ0n) is 16.0. The van der Waals surface area contributed by atoms with E-state index in [1.165, 1.54) is 29.8 Å². The number of rotatable bonds is 4. The van der Waals surface area contributed by atoms with E-state index in [1.54, 1.807) is 18.6 Å². The first-order chi connectivity index (χ1) is 14.0. The summed E-state index contributed by atoms with van der Waals surface area (Å²) in [6.07, 6.45) is 1.83. The molecule has 4 rings (SSSR count). The van der Waals surface area contributed by atoms with Gasteiger partial charge in [-0.25, -0.2) is 9.79 Å². The van der Waals surface area contributed by atoms with E-state index in [2.05, 4.69) is 4.99 Å². The normalized spacial score (nSPS) is 16.4. The van der Waals surface area contributed by atoms with Crippen molar-refractivity contribution in [3.8, 4) is 5.75 Å². The van der Waals surface area contributed by atoms with E-state index in [0.29, 0.717) is 20.6 Å². The molecule has 8 heteroatoms. The van der Waals surface area contributed by atoms with Crippen molar-refractivity contribution in [2.75, 3.05) is 14.2 Å². The molecule has 1 aromatic carbocycles. The van der Waals surface area contributed by atoms with Crippen molar-refractivity contribution in [1.29, 1.82) is 0 Å². The van der Waals surface area contributed by atoms with Gasteiger partial charge in [-0.05, 0) is 42.1 Å². The van der Waals surface area contributed by atoms with Crippen molar-refractivity contribution >= 4 is 34.7 Å². The Balaban J connectivity index is 1.92. The van der Waals surface area contributed by atoms with Crippen molar-refractivity contribution in [2.45, 2.75) is 13.0 Å². The number of carbonyl (C=O) groups is 1. The summed E-state index contributed by atoms with van der Waals surface area (Å²) in [5, 5.41) is 1.92. The Kier molecular flexibility index (Phi) is 5.21. The molecular weight excluding hydrogens is 408 g/mol. The van der Waals surface area contributed by atoms with Crippen molar-refractivity contribution in [2.24, 2.45) is 4.99 Å². The third-order valence-corrected chi connectivity index (χ3v) is 6.56. The van der Waals surface area contributed by atoms with Crippen LogP contribution in [0.2, 0.25) is 0 Å². The second-order valence-electron chi connectivity index (χ2n) is 6.36. The molecule has 1 aliphatic heterocycles. The van der Waals surface area contributed by atoms with Crippen molar-refractivity contribution < 1.29 is 14.3 Å². The lowest BCUT2D eigenvalue weighted by Crippen LogP contribution is -2.39. The Morgan fingerprint density at radius 3 is 2.59 bits per heavy atom. The Bertz CT molecular complexity index is 1270. The lowest BCUT2D eigenvalue weighted by atomic mass is 10.0. The van der Waals surface area contributed by atoms with Crippen LogP contribution in [0.4, 0.5) is 0 Å². The number of allylic oxidation sites excluding steroid dienone is 1. The van der Waals surface area contributed by atoms with Gasteiger partial charge in [0, 0.05) is 4.88 Å². The predicted octanol–water partition coefficient (Wildman–Crippen LogP) is 2.48. The molecule has 3 aromatic rings. The van der Waals surface area contributed by atoms with E-state index in [1.807, 2.05) is 47.9 Å². The van der Waals surface area contributed by atoms with Gasteiger partial charge in [-0.1, -0.05) is 29.5 Å². The highest BCUT2D eigenvalue weighted by Crippen LogP contribution is 2.32. The van der Waals surface area contributed by atoms with Gasteiger partial charge in [0.05, 0.1) is 30.0 Å². The summed E-state index contributed by atoms with van der Waals surface area (Å²) >= 11 is 2.80. The first-order valence-corrected chi connectivity index (χ1v) is 10.5. The number of thiophene rings is 1. The molecule has 148 valence electrons. The van der Waals surface area contributed by atoms with E-state index < -0.39 is 12.0 Å². The number of nitrogens with zero attached hydrogens (tertiary/aromatic N) is 2. The third kappa shape index (κ3) is 3.45. The quantitative estimate of drug-likeness (QED) is 0.601. The number of methoxy groups -OCH3 is 2. The molecule has 0 amide bonds. The van der Waals surface area contributed by atoms with Gasteiger partial charge in [0.25, 0.3) is 5.56 Å². The molecule has 3 heterocycles. The molecule has 0 saturated carbocycles. The molecular formula is C21H18N2O4S2. The summed E-state index contributed by atoms with van der Waals surface area (Å²) < 4.78 is 12.3. The van der Waals surface area contributed by atoms with E-state index >= 15 is 0 Å². The van der Waals surface area contributed by atoms with Crippen LogP contribution in [-0.2, 0) is 9.53 Å². The average molecular weight is 427 g/mol. The second kappa shape index (κ2) is 7.81. The Morgan fingerprint density at radius 2 is 1.97 bits per heavy atom. The highest BCUT2D eigenvalue weighted by Gasteiger charge is 2.33. The molecule has 0 unspecified atom stereocenters. The molecule has 0 spiro atoms. The molecule has 1 aliphatic rings. The zero-order chi connectivity index (χ0) is 20.5. The highest BCUT2D eigenvalue weighted by molar-refractivity contribution is 7.10. The third-order valence-electron chi connectivity index (χ3n) is 4.65. The van der Waals surface area contributed by atoms with E-state index in [9.17, 15) is 9.59 Å². The molecule has 1 atom stereocenters. The minimum atomic E-state index is -0.545. The Hall–Kier alpha value is -2.97. The summed E-state index contributed by atoms with van der Waals surface area (Å²) in [5.74, 6) is 0.272. The minimum absolute atomic E-state index is 0.183. The maximum atomic E-state index is 13.3. The van der Waals surface area contributed by atoms with Gasteiger partial charge < -0.3 is 9.47 Å². The number of esters is 1. The van der Waals surface area contributed by atoms with Crippen LogP contribution < -0.4 is 19.6 Å². The van der Waals surface area contributed by atoms with E-state index in [4.69, 9.17) is 9.47 Å². The molecule has 0 bridgehead atoms. The summed E-state index contributed by atoms with van der Waals surface area (Å²) in [6.45, 7) is 1.77. The standard InChI is InChI=1S/C21H18N2O4S2/c1-12-17(20(25)27-3)18(15-5-4-10-28-15)23-19(24)16(29-21(23)22-12)11-13-6-8-14(26-2)9-7-13/h4-11,18H,1-3H3/t18-/m0/s1. The number of hydrogen-bond acceptors (Lipinski definition) is 7. The first kappa shape index (κ1) is 19.4. The van der Waals surface area contributed by atoms with Gasteiger partial charge >= 0.3 is 5.97 Å². The summed E-state index contributed by atoms with van der Waals surface area (Å²) in [5.41, 5.74) is 1.65. The predicted molar refractivity (Wildman–Crippen MR) is 113 cm³/mol. The maximum Gasteiger partial charge on any atom is 0.338 e. The zero-order valence-corrected chi connectivity index (χ0v) is 17.7. The van der Waals surface area contributed by atoms with Crippen LogP contribution in [0.25, 0.3) is 6.08 Å². The smallest absolute Gasteiger partial charge is 0.338 e. The molecule has 2 aromatic heterocycles. The minimum Gasteiger partial charge on any atom is -0.497 e. The SMILES string of the molecule is COC(=O)C1=C(C)N=c2sc(=Cc3ccc(OC)cc3)c(=O)n2[C@H]1c1cccs1. The lowest BCUT2D eigenvalue weighted by molar-refractivity contribution is -0.136. The molecule has 0 radical (unpaired) electrons. The number of aromatic nitrogens is 1. The number of fused-ring (bicyclic) bond motifs is 1. The largest absolute Gasteiger partial charge is 0.497 e. The molecule has 29 heavy (non-hydrogen) atoms. The topological polar surface area (TPSA) is 69.9 Å². The highest BCUT2D eigenvalue weighted by atomic mass is 32.1. The number of benzene rings is 1. The second-order valence-corrected chi connectivity index (χ2v) is 8.35. The summed E-state index contributed by atoms with van der Waals surface area (Å²) in [7, 11) is 2.95. The number of ether oxygens (including phenoxy) is 2. The van der Waals surface area contributed by atoms with Crippen molar-refractivity contribution in [1.82, 2.24) is 4.57 Å². The molecule has 0 aliphatic carbocycles. The summed E-state index contributed by atoms with van der Waals surface area (Å²) in [4.78, 5) is 31.8. The van der Waals surface area contributed by atoms with E-state index in [-0.39, 0.29) is 5.56 Å². The monoisotopic (exact) mass is 426 g/mol. The van der Waals surface area contributed by atoms with Crippen LogP contribution in [-0.4, -0.2) is 24.8 Å². The fourth-order valence-electron chi connectivity index (χ4n) is 3.26. The average Bonchev–Trinajstić information content (AvgIpc) is 3.36. The van der Waals surface area contributed by atoms with Crippen LogP contribution in [0.1, 0.15) is 23.4 Å². The number of thiazole rings is 1. The van der Waals surface area contributed by atoms with Gasteiger partial charge in [-0.15, -0.1) is 11.3 Å². The summed E-state index contributed by atoms with van der Waals surface area (Å²) in [6, 6.07) is 10.7. The van der Waals surface area contributed by atoms with Gasteiger partial charge in [0.2, 0.25) is 0 Å². The first-order valence-electron chi connectivity index (χ1n) is 8.82. The molecule has 6 nitrogen and oxygen atoms in total. The maximum absolute atomic E-state index is 13.3. The number of carbonyl (C=O) groups excluding carboxylic acids is 1. The van der Waals surface area contributed by atoms with Gasteiger partial charge in [-0.2, -0.15) is 0 Å². The molecule has 0 fully saturated rings. The molecule has 0 saturated heterocycles. The van der Waals surface area contributed by atoms with Gasteiger partial charge in [0.15, 0.2) is 4.80 Å². The molecule has 0 N–H and O–H groups in total. The van der Waals surface area contributed by atoms with Crippen LogP contribution >= 0.6 is 22.7 Å². The van der Waals surface area contributed by atoms with Crippen LogP contribution in [0.15, 0.2) is 62.8 Å². The van der Waals surface area contributed by atoms with Crippen molar-refractivity contribution in [3.05, 3.63) is 83.2 Å². The van der Waals surface area contributed by atoms with Crippen LogP contribution in [0.3, 0.4) is 0 Å². The van der Waals surface area contributed by atoms with Gasteiger partial charge in [-0.3, -0.25) is 9.36 Å². The van der Waals surface area contributed by atoms with Crippen molar-refractivity contribution in [3.63, 3.8) is 0 Å². The number of hydrogen-bond donors (Lipinski definition) is 0. The Labute approximate surface area is 174 Å². The van der Waals surface area contributed by atoms with Crippen LogP contribution in [0.5, 0.6) is 5.75 Å². The van der Waals surface area contributed by atoms with Gasteiger partial charge in [0.1, 0.15) is 11.8 Å². The Morgan fingerprint density at radius 1 is 1.21 bits per heavy atom. The fraction of sp³-hybridized carbons (Fsp3) is 0.190.